The van der Waals surface area contributed by atoms with E-state index in [0.717, 1.165) is 25.8 Å². The molecule has 0 saturated carbocycles. The summed E-state index contributed by atoms with van der Waals surface area (Å²) in [4.78, 5) is 2.66. The van der Waals surface area contributed by atoms with Crippen LogP contribution >= 0.6 is 0 Å². The summed E-state index contributed by atoms with van der Waals surface area (Å²) in [7, 11) is 0. The van der Waals surface area contributed by atoms with Gasteiger partial charge in [-0.15, -0.1) is 0 Å². The van der Waals surface area contributed by atoms with Crippen LogP contribution in [-0.2, 0) is 6.54 Å². The van der Waals surface area contributed by atoms with E-state index < -0.39 is 0 Å². The highest BCUT2D eigenvalue weighted by atomic mass is 16.3. The van der Waals surface area contributed by atoms with E-state index in [2.05, 4.69) is 42.2 Å². The minimum atomic E-state index is -0.381. The molecule has 2 unspecified atom stereocenters. The van der Waals surface area contributed by atoms with Crippen molar-refractivity contribution in [3.63, 3.8) is 0 Å². The second-order valence-corrected chi connectivity index (χ2v) is 7.13. The number of benzene rings is 1. The van der Waals surface area contributed by atoms with E-state index in [4.69, 9.17) is 0 Å². The fraction of sp³-hybridized carbons (Fsp3) is 0.684. The van der Waals surface area contributed by atoms with Gasteiger partial charge in [-0.1, -0.05) is 56.5 Å². The van der Waals surface area contributed by atoms with Crippen molar-refractivity contribution in [3.8, 4) is 0 Å². The molecule has 0 aliphatic carbocycles. The first-order valence-electron chi connectivity index (χ1n) is 8.72. The van der Waals surface area contributed by atoms with Crippen molar-refractivity contribution in [1.29, 1.82) is 0 Å². The van der Waals surface area contributed by atoms with Gasteiger partial charge in [0, 0.05) is 18.6 Å². The normalized spacial score (nSPS) is 32.5. The number of rotatable bonds is 6. The second-order valence-electron chi connectivity index (χ2n) is 7.13. The highest BCUT2D eigenvalue weighted by molar-refractivity contribution is 5.16. The number of hydrogen-bond acceptors (Lipinski definition) is 2. The predicted octanol–water partition coefficient (Wildman–Crippen LogP) is 4.12. The predicted molar refractivity (Wildman–Crippen MR) is 87.1 cm³/mol. The minimum Gasteiger partial charge on any atom is -0.390 e. The third-order valence-electron chi connectivity index (χ3n) is 5.46. The van der Waals surface area contributed by atoms with Crippen molar-refractivity contribution in [1.82, 2.24) is 4.90 Å². The van der Waals surface area contributed by atoms with Crippen LogP contribution in [0.15, 0.2) is 30.3 Å². The summed E-state index contributed by atoms with van der Waals surface area (Å²) >= 11 is 0. The molecule has 1 aromatic carbocycles. The quantitative estimate of drug-likeness (QED) is 0.795. The van der Waals surface area contributed by atoms with Crippen LogP contribution in [0.2, 0.25) is 0 Å². The molecule has 0 amide bonds. The summed E-state index contributed by atoms with van der Waals surface area (Å²) in [5.74, 6) is 0. The third kappa shape index (κ3) is 3.49. The molecule has 2 aliphatic rings. The zero-order valence-corrected chi connectivity index (χ0v) is 13.3. The Morgan fingerprint density at radius 1 is 1.10 bits per heavy atom. The topological polar surface area (TPSA) is 23.5 Å². The minimum absolute atomic E-state index is 0.381. The molecule has 2 fully saturated rings. The van der Waals surface area contributed by atoms with E-state index in [-0.39, 0.29) is 5.60 Å². The molecule has 1 N–H and O–H groups in total. The Bertz CT molecular complexity index is 430. The SMILES string of the molecule is CCCCCC1(O)CC2CCC(C1)N2Cc1ccccc1. The monoisotopic (exact) mass is 287 g/mol. The number of fused-ring (bicyclic) bond motifs is 2. The molecule has 2 nitrogen and oxygen atoms in total. The number of unbranched alkanes of at least 4 members (excludes halogenated alkanes) is 2. The zero-order chi connectivity index (χ0) is 14.7. The maximum absolute atomic E-state index is 10.9. The Morgan fingerprint density at radius 2 is 1.76 bits per heavy atom. The van der Waals surface area contributed by atoms with Gasteiger partial charge >= 0.3 is 0 Å². The van der Waals surface area contributed by atoms with Crippen LogP contribution in [0.5, 0.6) is 0 Å². The summed E-state index contributed by atoms with van der Waals surface area (Å²) in [6, 6.07) is 12.0. The highest BCUT2D eigenvalue weighted by Gasteiger charge is 2.46. The van der Waals surface area contributed by atoms with Crippen molar-refractivity contribution in [2.45, 2.75) is 82.5 Å². The van der Waals surface area contributed by atoms with Gasteiger partial charge in [0.2, 0.25) is 0 Å². The number of nitrogens with zero attached hydrogens (tertiary/aromatic N) is 1. The Kier molecular flexibility index (Phi) is 4.66. The van der Waals surface area contributed by atoms with Crippen LogP contribution in [0.25, 0.3) is 0 Å². The van der Waals surface area contributed by atoms with Crippen LogP contribution in [0.4, 0.5) is 0 Å². The molecule has 2 saturated heterocycles. The van der Waals surface area contributed by atoms with Crippen molar-refractivity contribution >= 4 is 0 Å². The molecule has 116 valence electrons. The Balaban J connectivity index is 1.61. The third-order valence-corrected chi connectivity index (χ3v) is 5.46. The first-order chi connectivity index (χ1) is 10.2. The standard InChI is InChI=1S/C19H29NO/c1-2-3-7-12-19(21)13-17-10-11-18(14-19)20(17)15-16-8-5-4-6-9-16/h4-6,8-9,17-18,21H,2-3,7,10-15H2,1H3. The average Bonchev–Trinajstić information content (AvgIpc) is 2.73. The molecule has 21 heavy (non-hydrogen) atoms. The maximum atomic E-state index is 10.9. The van der Waals surface area contributed by atoms with E-state index >= 15 is 0 Å². The van der Waals surface area contributed by atoms with E-state index in [0.29, 0.717) is 12.1 Å². The van der Waals surface area contributed by atoms with E-state index in [9.17, 15) is 5.11 Å². The van der Waals surface area contributed by atoms with Crippen LogP contribution < -0.4 is 0 Å². The summed E-state index contributed by atoms with van der Waals surface area (Å²) in [5, 5.41) is 10.9. The molecular formula is C19H29NO. The molecule has 1 aromatic rings. The molecule has 0 aromatic heterocycles. The molecule has 0 spiro atoms. The highest BCUT2D eigenvalue weighted by Crippen LogP contribution is 2.43. The van der Waals surface area contributed by atoms with Crippen LogP contribution in [0, 0.1) is 0 Å². The Morgan fingerprint density at radius 3 is 2.38 bits per heavy atom. The summed E-state index contributed by atoms with van der Waals surface area (Å²) in [6.45, 7) is 3.29. The molecule has 2 bridgehead atoms. The van der Waals surface area contributed by atoms with E-state index in [1.807, 2.05) is 0 Å². The Hall–Kier alpha value is -0.860. The molecule has 2 atom stereocenters. The maximum Gasteiger partial charge on any atom is 0.0677 e. The van der Waals surface area contributed by atoms with Crippen LogP contribution in [-0.4, -0.2) is 27.7 Å². The van der Waals surface area contributed by atoms with Crippen molar-refractivity contribution < 1.29 is 5.11 Å². The van der Waals surface area contributed by atoms with Crippen LogP contribution in [0.3, 0.4) is 0 Å². The number of piperidine rings is 1. The largest absolute Gasteiger partial charge is 0.390 e. The number of aliphatic hydroxyl groups is 1. The molecule has 2 aliphatic heterocycles. The Labute approximate surface area is 129 Å². The average molecular weight is 287 g/mol. The first-order valence-corrected chi connectivity index (χ1v) is 8.72. The van der Waals surface area contributed by atoms with Gasteiger partial charge in [-0.3, -0.25) is 4.90 Å². The van der Waals surface area contributed by atoms with Gasteiger partial charge in [0.15, 0.2) is 0 Å². The molecule has 2 heteroatoms. The fourth-order valence-corrected chi connectivity index (χ4v) is 4.37. The first kappa shape index (κ1) is 15.1. The van der Waals surface area contributed by atoms with E-state index in [1.165, 1.54) is 37.7 Å². The van der Waals surface area contributed by atoms with Gasteiger partial charge in [0.1, 0.15) is 0 Å². The van der Waals surface area contributed by atoms with Crippen molar-refractivity contribution in [2.24, 2.45) is 0 Å². The van der Waals surface area contributed by atoms with Gasteiger partial charge < -0.3 is 5.11 Å². The van der Waals surface area contributed by atoms with Gasteiger partial charge in [-0.25, -0.2) is 0 Å². The summed E-state index contributed by atoms with van der Waals surface area (Å²) < 4.78 is 0. The van der Waals surface area contributed by atoms with Crippen molar-refractivity contribution in [3.05, 3.63) is 35.9 Å². The molecule has 3 rings (SSSR count). The lowest BCUT2D eigenvalue weighted by molar-refractivity contribution is -0.0610. The lowest BCUT2D eigenvalue weighted by atomic mass is 9.82. The van der Waals surface area contributed by atoms with E-state index in [1.54, 1.807) is 0 Å². The summed E-state index contributed by atoms with van der Waals surface area (Å²) in [6.07, 6.45) is 9.20. The number of hydrogen-bond donors (Lipinski definition) is 1. The fourth-order valence-electron chi connectivity index (χ4n) is 4.37. The summed E-state index contributed by atoms with van der Waals surface area (Å²) in [5.41, 5.74) is 1.03. The van der Waals surface area contributed by atoms with Gasteiger partial charge in [-0.05, 0) is 37.7 Å². The van der Waals surface area contributed by atoms with Gasteiger partial charge in [0.05, 0.1) is 5.60 Å². The van der Waals surface area contributed by atoms with Crippen LogP contribution in [0.1, 0.15) is 63.9 Å². The molecule has 0 radical (unpaired) electrons. The molecular weight excluding hydrogens is 258 g/mol. The van der Waals surface area contributed by atoms with Gasteiger partial charge in [-0.2, -0.15) is 0 Å². The van der Waals surface area contributed by atoms with Gasteiger partial charge in [0.25, 0.3) is 0 Å². The zero-order valence-electron chi connectivity index (χ0n) is 13.3. The van der Waals surface area contributed by atoms with Crippen molar-refractivity contribution in [2.75, 3.05) is 0 Å². The second kappa shape index (κ2) is 6.50. The smallest absolute Gasteiger partial charge is 0.0677 e. The molecule has 2 heterocycles. The lowest BCUT2D eigenvalue weighted by Crippen LogP contribution is -2.50. The lowest BCUT2D eigenvalue weighted by Gasteiger charge is -2.44.